The number of halogens is 1. The van der Waals surface area contributed by atoms with Crippen LogP contribution < -0.4 is 5.32 Å². The van der Waals surface area contributed by atoms with Crippen molar-refractivity contribution in [3.63, 3.8) is 0 Å². The molecule has 0 aromatic rings. The summed E-state index contributed by atoms with van der Waals surface area (Å²) < 4.78 is 0. The normalized spacial score (nSPS) is 40.0. The van der Waals surface area contributed by atoms with Gasteiger partial charge in [0.25, 0.3) is 0 Å². The average Bonchev–Trinajstić information content (AvgIpc) is 2.36. The van der Waals surface area contributed by atoms with Crippen molar-refractivity contribution in [2.75, 3.05) is 6.54 Å². The van der Waals surface area contributed by atoms with Gasteiger partial charge in [0.05, 0.1) is 0 Å². The maximum Gasteiger partial charge on any atom is 0.00991 e. The third-order valence-corrected chi connectivity index (χ3v) is 2.33. The van der Waals surface area contributed by atoms with Gasteiger partial charge in [0, 0.05) is 6.04 Å². The standard InChI is InChI=1S/C7H13N.ClH/c1-2-4-8-7-5-6(7)3-1;/h6-8H,1-5H2;1H. The molecule has 2 atom stereocenters. The van der Waals surface area contributed by atoms with E-state index >= 15 is 0 Å². The molecule has 1 nitrogen and oxygen atoms in total. The fourth-order valence-corrected chi connectivity index (χ4v) is 1.64. The maximum absolute atomic E-state index is 3.52. The van der Waals surface area contributed by atoms with Gasteiger partial charge in [-0.15, -0.1) is 12.4 Å². The third-order valence-electron chi connectivity index (χ3n) is 2.33. The lowest BCUT2D eigenvalue weighted by Crippen LogP contribution is -2.16. The summed E-state index contributed by atoms with van der Waals surface area (Å²) in [6.07, 6.45) is 5.85. The minimum atomic E-state index is 0. The molecule has 0 aromatic heterocycles. The number of hydrogen-bond acceptors (Lipinski definition) is 1. The van der Waals surface area contributed by atoms with E-state index in [0.717, 1.165) is 12.0 Å². The molecule has 0 bridgehead atoms. The van der Waals surface area contributed by atoms with E-state index in [1.807, 2.05) is 0 Å². The zero-order chi connectivity index (χ0) is 5.40. The van der Waals surface area contributed by atoms with Crippen LogP contribution in [0, 0.1) is 5.92 Å². The van der Waals surface area contributed by atoms with Crippen LogP contribution in [0.4, 0.5) is 0 Å². The summed E-state index contributed by atoms with van der Waals surface area (Å²) in [4.78, 5) is 0. The monoisotopic (exact) mass is 147 g/mol. The summed E-state index contributed by atoms with van der Waals surface area (Å²) in [6.45, 7) is 1.28. The molecule has 0 spiro atoms. The van der Waals surface area contributed by atoms with Gasteiger partial charge in [0.1, 0.15) is 0 Å². The molecule has 54 valence electrons. The minimum absolute atomic E-state index is 0. The van der Waals surface area contributed by atoms with Crippen LogP contribution in [-0.4, -0.2) is 12.6 Å². The first-order valence-electron chi connectivity index (χ1n) is 3.70. The van der Waals surface area contributed by atoms with E-state index in [2.05, 4.69) is 5.32 Å². The molecular weight excluding hydrogens is 134 g/mol. The molecule has 0 radical (unpaired) electrons. The van der Waals surface area contributed by atoms with E-state index in [1.165, 1.54) is 32.2 Å². The average molecular weight is 148 g/mol. The summed E-state index contributed by atoms with van der Waals surface area (Å²) in [5.74, 6) is 1.08. The highest BCUT2D eigenvalue weighted by Gasteiger charge is 2.36. The highest BCUT2D eigenvalue weighted by Crippen LogP contribution is 2.36. The van der Waals surface area contributed by atoms with Crippen LogP contribution >= 0.6 is 12.4 Å². The van der Waals surface area contributed by atoms with Crippen molar-refractivity contribution in [1.29, 1.82) is 0 Å². The molecule has 1 saturated heterocycles. The molecular formula is C7H14ClN. The summed E-state index contributed by atoms with van der Waals surface area (Å²) in [7, 11) is 0. The first kappa shape index (κ1) is 7.36. The molecule has 0 amide bonds. The van der Waals surface area contributed by atoms with Crippen LogP contribution in [0.15, 0.2) is 0 Å². The van der Waals surface area contributed by atoms with Crippen molar-refractivity contribution < 1.29 is 0 Å². The van der Waals surface area contributed by atoms with Crippen molar-refractivity contribution in [2.24, 2.45) is 5.92 Å². The lowest BCUT2D eigenvalue weighted by Gasteiger charge is -1.94. The minimum Gasteiger partial charge on any atom is -0.314 e. The molecule has 9 heavy (non-hydrogen) atoms. The zero-order valence-electron chi connectivity index (χ0n) is 5.60. The van der Waals surface area contributed by atoms with E-state index in [-0.39, 0.29) is 12.4 Å². The highest BCUT2D eigenvalue weighted by atomic mass is 35.5. The number of hydrogen-bond donors (Lipinski definition) is 1. The van der Waals surface area contributed by atoms with Crippen LogP contribution in [0.25, 0.3) is 0 Å². The van der Waals surface area contributed by atoms with Gasteiger partial charge in [0.2, 0.25) is 0 Å². The van der Waals surface area contributed by atoms with E-state index in [4.69, 9.17) is 0 Å². The molecule has 1 aliphatic heterocycles. The van der Waals surface area contributed by atoms with Crippen molar-refractivity contribution in [3.8, 4) is 0 Å². The van der Waals surface area contributed by atoms with Crippen molar-refractivity contribution >= 4 is 12.4 Å². The molecule has 1 aliphatic carbocycles. The van der Waals surface area contributed by atoms with E-state index in [0.29, 0.717) is 0 Å². The van der Waals surface area contributed by atoms with Gasteiger partial charge >= 0.3 is 0 Å². The summed E-state index contributed by atoms with van der Waals surface area (Å²) in [6, 6.07) is 0.942. The van der Waals surface area contributed by atoms with Crippen LogP contribution in [0.3, 0.4) is 0 Å². The van der Waals surface area contributed by atoms with E-state index < -0.39 is 0 Å². The molecule has 2 rings (SSSR count). The molecule has 1 heterocycles. The van der Waals surface area contributed by atoms with Gasteiger partial charge < -0.3 is 5.32 Å². The van der Waals surface area contributed by atoms with Gasteiger partial charge in [-0.05, 0) is 31.7 Å². The Hall–Kier alpha value is 0.250. The topological polar surface area (TPSA) is 12.0 Å². The molecule has 1 saturated carbocycles. The fourth-order valence-electron chi connectivity index (χ4n) is 1.64. The van der Waals surface area contributed by atoms with Crippen LogP contribution in [0.5, 0.6) is 0 Å². The molecule has 2 unspecified atom stereocenters. The SMILES string of the molecule is C1CCC2CC2NC1.Cl. The first-order valence-corrected chi connectivity index (χ1v) is 3.70. The number of nitrogens with one attached hydrogen (secondary N) is 1. The quantitative estimate of drug-likeness (QED) is 0.549. The van der Waals surface area contributed by atoms with Gasteiger partial charge in [-0.3, -0.25) is 0 Å². The maximum atomic E-state index is 3.52. The Labute approximate surface area is 62.6 Å². The Kier molecular flexibility index (Phi) is 2.36. The van der Waals surface area contributed by atoms with Gasteiger partial charge in [-0.2, -0.15) is 0 Å². The summed E-state index contributed by atoms with van der Waals surface area (Å²) in [5, 5.41) is 3.52. The van der Waals surface area contributed by atoms with Gasteiger partial charge in [0.15, 0.2) is 0 Å². The zero-order valence-corrected chi connectivity index (χ0v) is 6.41. The third kappa shape index (κ3) is 1.59. The summed E-state index contributed by atoms with van der Waals surface area (Å²) in [5.41, 5.74) is 0. The molecule has 2 heteroatoms. The van der Waals surface area contributed by atoms with Crippen LogP contribution in [-0.2, 0) is 0 Å². The number of fused-ring (bicyclic) bond motifs is 1. The molecule has 2 fully saturated rings. The van der Waals surface area contributed by atoms with E-state index in [1.54, 1.807) is 0 Å². The second-order valence-electron chi connectivity index (χ2n) is 3.05. The Morgan fingerprint density at radius 1 is 1.22 bits per heavy atom. The predicted octanol–water partition coefficient (Wildman–Crippen LogP) is 1.57. The molecule has 1 N–H and O–H groups in total. The molecule has 0 aromatic carbocycles. The Bertz CT molecular complexity index is 84.9. The second kappa shape index (κ2) is 2.89. The molecule has 2 aliphatic rings. The van der Waals surface area contributed by atoms with Crippen molar-refractivity contribution in [1.82, 2.24) is 5.32 Å². The lowest BCUT2D eigenvalue weighted by molar-refractivity contribution is 0.656. The van der Waals surface area contributed by atoms with Gasteiger partial charge in [-0.1, -0.05) is 6.42 Å². The van der Waals surface area contributed by atoms with Crippen LogP contribution in [0.2, 0.25) is 0 Å². The highest BCUT2D eigenvalue weighted by molar-refractivity contribution is 5.85. The number of rotatable bonds is 0. The predicted molar refractivity (Wildman–Crippen MR) is 41.0 cm³/mol. The Balaban J connectivity index is 0.000000405. The van der Waals surface area contributed by atoms with Crippen molar-refractivity contribution in [2.45, 2.75) is 31.7 Å². The fraction of sp³-hybridized carbons (Fsp3) is 1.00. The largest absolute Gasteiger partial charge is 0.314 e. The lowest BCUT2D eigenvalue weighted by atomic mass is 10.2. The summed E-state index contributed by atoms with van der Waals surface area (Å²) >= 11 is 0. The Morgan fingerprint density at radius 2 is 2.11 bits per heavy atom. The van der Waals surface area contributed by atoms with Gasteiger partial charge in [-0.25, -0.2) is 0 Å². The van der Waals surface area contributed by atoms with Crippen LogP contribution in [0.1, 0.15) is 25.7 Å². The van der Waals surface area contributed by atoms with E-state index in [9.17, 15) is 0 Å². The first-order chi connectivity index (χ1) is 3.97. The smallest absolute Gasteiger partial charge is 0.00991 e. The Morgan fingerprint density at radius 3 is 3.00 bits per heavy atom. The second-order valence-corrected chi connectivity index (χ2v) is 3.05. The van der Waals surface area contributed by atoms with Crippen molar-refractivity contribution in [3.05, 3.63) is 0 Å².